The van der Waals surface area contributed by atoms with Gasteiger partial charge < -0.3 is 15.0 Å². The summed E-state index contributed by atoms with van der Waals surface area (Å²) >= 11 is 0. The maximum absolute atomic E-state index is 11.8. The topological polar surface area (TPSA) is 104 Å². The standard InChI is InChI=1S/C14H15N3O4/c1-21-11-4-2-9(3-5-11)8-15-12(18)6-10-7-13(19)17-14(20)16-10/h2-5,7H,6,8H2,1H3,(H,15,18)(H2,16,17,19,20). The van der Waals surface area contributed by atoms with Crippen LogP contribution in [0.2, 0.25) is 0 Å². The third-order valence-electron chi connectivity index (χ3n) is 2.82. The molecule has 21 heavy (non-hydrogen) atoms. The average Bonchev–Trinajstić information content (AvgIpc) is 2.44. The highest BCUT2D eigenvalue weighted by atomic mass is 16.5. The summed E-state index contributed by atoms with van der Waals surface area (Å²) in [5.41, 5.74) is 0.0386. The van der Waals surface area contributed by atoms with Crippen molar-refractivity contribution >= 4 is 5.91 Å². The monoisotopic (exact) mass is 289 g/mol. The summed E-state index contributed by atoms with van der Waals surface area (Å²) in [6.07, 6.45) is -0.0602. The van der Waals surface area contributed by atoms with Gasteiger partial charge in [-0.05, 0) is 17.7 Å². The van der Waals surface area contributed by atoms with Crippen molar-refractivity contribution in [2.45, 2.75) is 13.0 Å². The maximum atomic E-state index is 11.8. The van der Waals surface area contributed by atoms with Gasteiger partial charge in [0, 0.05) is 18.3 Å². The minimum absolute atomic E-state index is 0.0602. The lowest BCUT2D eigenvalue weighted by atomic mass is 10.2. The van der Waals surface area contributed by atoms with Crippen molar-refractivity contribution in [2.75, 3.05) is 7.11 Å². The SMILES string of the molecule is COc1ccc(CNC(=O)Cc2cc(=O)[nH]c(=O)[nH]2)cc1. The zero-order valence-corrected chi connectivity index (χ0v) is 11.4. The van der Waals surface area contributed by atoms with Crippen molar-refractivity contribution < 1.29 is 9.53 Å². The van der Waals surface area contributed by atoms with Crippen LogP contribution in [0, 0.1) is 0 Å². The lowest BCUT2D eigenvalue weighted by Gasteiger charge is -2.06. The Hall–Kier alpha value is -2.83. The Morgan fingerprint density at radius 1 is 1.19 bits per heavy atom. The van der Waals surface area contributed by atoms with E-state index in [4.69, 9.17) is 4.74 Å². The van der Waals surface area contributed by atoms with Gasteiger partial charge in [-0.1, -0.05) is 12.1 Å². The molecule has 0 saturated carbocycles. The van der Waals surface area contributed by atoms with Crippen LogP contribution in [0.25, 0.3) is 0 Å². The van der Waals surface area contributed by atoms with Crippen LogP contribution >= 0.6 is 0 Å². The van der Waals surface area contributed by atoms with Crippen LogP contribution in [0.5, 0.6) is 5.75 Å². The smallest absolute Gasteiger partial charge is 0.325 e. The Balaban J connectivity index is 1.92. The molecule has 0 radical (unpaired) electrons. The Bertz CT molecular complexity index is 703. The van der Waals surface area contributed by atoms with Crippen LogP contribution in [0.15, 0.2) is 39.9 Å². The summed E-state index contributed by atoms with van der Waals surface area (Å²) < 4.78 is 5.04. The molecule has 0 spiro atoms. The van der Waals surface area contributed by atoms with E-state index in [1.807, 2.05) is 17.1 Å². The molecule has 3 N–H and O–H groups in total. The van der Waals surface area contributed by atoms with Gasteiger partial charge in [0.15, 0.2) is 0 Å². The number of carbonyl (C=O) groups is 1. The molecule has 0 atom stereocenters. The Morgan fingerprint density at radius 2 is 1.90 bits per heavy atom. The fraction of sp³-hybridized carbons (Fsp3) is 0.214. The molecule has 0 aliphatic heterocycles. The molecule has 2 aromatic rings. The predicted molar refractivity (Wildman–Crippen MR) is 76.2 cm³/mol. The Morgan fingerprint density at radius 3 is 2.52 bits per heavy atom. The highest BCUT2D eigenvalue weighted by molar-refractivity contribution is 5.78. The van der Waals surface area contributed by atoms with E-state index in [1.165, 1.54) is 6.07 Å². The van der Waals surface area contributed by atoms with Crippen molar-refractivity contribution in [3.8, 4) is 5.75 Å². The molecule has 110 valence electrons. The number of aromatic amines is 2. The van der Waals surface area contributed by atoms with Crippen LogP contribution in [-0.2, 0) is 17.8 Å². The molecule has 0 aliphatic carbocycles. The minimum Gasteiger partial charge on any atom is -0.497 e. The zero-order chi connectivity index (χ0) is 15.2. The number of amides is 1. The van der Waals surface area contributed by atoms with Gasteiger partial charge in [-0.25, -0.2) is 4.79 Å². The molecule has 0 fully saturated rings. The first-order chi connectivity index (χ1) is 10.1. The lowest BCUT2D eigenvalue weighted by molar-refractivity contribution is -0.120. The normalized spacial score (nSPS) is 10.1. The van der Waals surface area contributed by atoms with Crippen LogP contribution in [-0.4, -0.2) is 23.0 Å². The first kappa shape index (κ1) is 14.6. The fourth-order valence-corrected chi connectivity index (χ4v) is 1.79. The third kappa shape index (κ3) is 4.34. The molecular weight excluding hydrogens is 274 g/mol. The van der Waals surface area contributed by atoms with Crippen LogP contribution in [0.4, 0.5) is 0 Å². The molecule has 0 saturated heterocycles. The van der Waals surface area contributed by atoms with E-state index in [9.17, 15) is 14.4 Å². The van der Waals surface area contributed by atoms with Gasteiger partial charge in [0.05, 0.1) is 13.5 Å². The number of carbonyl (C=O) groups excluding carboxylic acids is 1. The molecule has 0 aliphatic rings. The van der Waals surface area contributed by atoms with Gasteiger partial charge in [0.2, 0.25) is 5.91 Å². The fourth-order valence-electron chi connectivity index (χ4n) is 1.79. The van der Waals surface area contributed by atoms with Gasteiger partial charge in [0.25, 0.3) is 5.56 Å². The van der Waals surface area contributed by atoms with E-state index >= 15 is 0 Å². The van der Waals surface area contributed by atoms with Gasteiger partial charge in [-0.15, -0.1) is 0 Å². The number of aromatic nitrogens is 2. The number of rotatable bonds is 5. The van der Waals surface area contributed by atoms with Gasteiger partial charge in [0.1, 0.15) is 5.75 Å². The summed E-state index contributed by atoms with van der Waals surface area (Å²) in [6.45, 7) is 0.357. The lowest BCUT2D eigenvalue weighted by Crippen LogP contribution is -2.28. The molecule has 1 aromatic carbocycles. The van der Waals surface area contributed by atoms with Gasteiger partial charge in [-0.3, -0.25) is 14.6 Å². The molecule has 0 unspecified atom stereocenters. The Labute approximate surface area is 120 Å². The summed E-state index contributed by atoms with van der Waals surface area (Å²) in [5, 5.41) is 2.71. The average molecular weight is 289 g/mol. The van der Waals surface area contributed by atoms with Crippen molar-refractivity contribution in [3.63, 3.8) is 0 Å². The number of hydrogen-bond acceptors (Lipinski definition) is 4. The third-order valence-corrected chi connectivity index (χ3v) is 2.82. The van der Waals surface area contributed by atoms with E-state index in [2.05, 4.69) is 10.3 Å². The quantitative estimate of drug-likeness (QED) is 0.716. The van der Waals surface area contributed by atoms with Crippen molar-refractivity contribution in [2.24, 2.45) is 0 Å². The first-order valence-electron chi connectivity index (χ1n) is 6.29. The van der Waals surface area contributed by atoms with Gasteiger partial charge in [-0.2, -0.15) is 0 Å². The number of H-pyrrole nitrogens is 2. The molecule has 7 heteroatoms. The number of benzene rings is 1. The molecule has 1 aromatic heterocycles. The minimum atomic E-state index is -0.625. The Kier molecular flexibility index (Phi) is 4.55. The molecule has 1 amide bonds. The van der Waals surface area contributed by atoms with E-state index in [1.54, 1.807) is 19.2 Å². The van der Waals surface area contributed by atoms with Crippen molar-refractivity contribution in [1.82, 2.24) is 15.3 Å². The van der Waals surface area contributed by atoms with Gasteiger partial charge >= 0.3 is 5.69 Å². The van der Waals surface area contributed by atoms with Crippen molar-refractivity contribution in [1.29, 1.82) is 0 Å². The first-order valence-corrected chi connectivity index (χ1v) is 6.29. The van der Waals surface area contributed by atoms with Crippen LogP contribution < -0.4 is 21.3 Å². The van der Waals surface area contributed by atoms with E-state index in [0.717, 1.165) is 11.3 Å². The highest BCUT2D eigenvalue weighted by Crippen LogP contribution is 2.10. The summed E-state index contributed by atoms with van der Waals surface area (Å²) in [5.74, 6) is 0.457. The number of hydrogen-bond donors (Lipinski definition) is 3. The van der Waals surface area contributed by atoms with E-state index in [-0.39, 0.29) is 18.0 Å². The van der Waals surface area contributed by atoms with E-state index < -0.39 is 11.2 Å². The highest BCUT2D eigenvalue weighted by Gasteiger charge is 2.05. The second kappa shape index (κ2) is 6.56. The number of ether oxygens (including phenoxy) is 1. The molecule has 1 heterocycles. The van der Waals surface area contributed by atoms with Crippen LogP contribution in [0.3, 0.4) is 0 Å². The number of nitrogens with one attached hydrogen (secondary N) is 3. The largest absolute Gasteiger partial charge is 0.497 e. The maximum Gasteiger partial charge on any atom is 0.325 e. The summed E-state index contributed by atoms with van der Waals surface area (Å²) in [7, 11) is 1.58. The summed E-state index contributed by atoms with van der Waals surface area (Å²) in [6, 6.07) is 8.47. The van der Waals surface area contributed by atoms with Crippen LogP contribution in [0.1, 0.15) is 11.3 Å². The molecule has 0 bridgehead atoms. The predicted octanol–water partition coefficient (Wildman–Crippen LogP) is -0.0693. The molecular formula is C14H15N3O4. The zero-order valence-electron chi connectivity index (χ0n) is 11.4. The second-order valence-corrected chi connectivity index (χ2v) is 4.41. The number of methoxy groups -OCH3 is 1. The molecule has 2 rings (SSSR count). The molecule has 7 nitrogen and oxygen atoms in total. The summed E-state index contributed by atoms with van der Waals surface area (Å²) in [4.78, 5) is 38.4. The van der Waals surface area contributed by atoms with Crippen molar-refractivity contribution in [3.05, 3.63) is 62.4 Å². The van der Waals surface area contributed by atoms with E-state index in [0.29, 0.717) is 6.54 Å². The second-order valence-electron chi connectivity index (χ2n) is 4.41.